The number of carbonyl (C=O) groups excluding carboxylic acids is 2. The van der Waals surface area contributed by atoms with Crippen LogP contribution in [0.15, 0.2) is 24.3 Å². The third kappa shape index (κ3) is 4.10. The molecule has 4 nitrogen and oxygen atoms in total. The molecule has 0 radical (unpaired) electrons. The molecule has 2 amide bonds. The van der Waals surface area contributed by atoms with Crippen LogP contribution in [-0.4, -0.2) is 47.8 Å². The second-order valence-corrected chi connectivity index (χ2v) is 7.59. The zero-order valence-corrected chi connectivity index (χ0v) is 15.0. The van der Waals surface area contributed by atoms with Gasteiger partial charge in [-0.1, -0.05) is 30.7 Å². The molecule has 2 atom stereocenters. The van der Waals surface area contributed by atoms with E-state index in [2.05, 4.69) is 6.92 Å². The highest BCUT2D eigenvalue weighted by Crippen LogP contribution is 2.24. The lowest BCUT2D eigenvalue weighted by Gasteiger charge is -2.32. The quantitative estimate of drug-likeness (QED) is 0.839. The fourth-order valence-electron chi connectivity index (χ4n) is 3.72. The Morgan fingerprint density at radius 2 is 2.00 bits per heavy atom. The Kier molecular flexibility index (Phi) is 5.44. The number of carbonyl (C=O) groups is 2. The second kappa shape index (κ2) is 7.56. The molecule has 0 aromatic heterocycles. The highest BCUT2D eigenvalue weighted by atomic mass is 35.5. The van der Waals surface area contributed by atoms with Crippen LogP contribution in [0.4, 0.5) is 0 Å². The minimum absolute atomic E-state index is 0.104. The summed E-state index contributed by atoms with van der Waals surface area (Å²) in [6.07, 6.45) is 3.43. The van der Waals surface area contributed by atoms with Crippen LogP contribution in [0.2, 0.25) is 5.02 Å². The molecule has 2 saturated heterocycles. The molecular weight excluding hydrogens is 324 g/mol. The Labute approximate surface area is 148 Å². The molecule has 1 aromatic carbocycles. The fourth-order valence-corrected chi connectivity index (χ4v) is 3.84. The van der Waals surface area contributed by atoms with Gasteiger partial charge in [-0.05, 0) is 42.9 Å². The van der Waals surface area contributed by atoms with E-state index in [-0.39, 0.29) is 17.7 Å². The normalized spacial score (nSPS) is 24.5. The summed E-state index contributed by atoms with van der Waals surface area (Å²) in [5.41, 5.74) is 1.16. The number of hydrogen-bond acceptors (Lipinski definition) is 2. The maximum atomic E-state index is 12.7. The van der Waals surface area contributed by atoms with Crippen LogP contribution in [-0.2, 0) is 16.0 Å². The number of halogens is 1. The first-order valence-electron chi connectivity index (χ1n) is 8.84. The molecule has 130 valence electrons. The van der Waals surface area contributed by atoms with E-state index in [0.29, 0.717) is 25.4 Å². The molecule has 1 aromatic rings. The Morgan fingerprint density at radius 1 is 1.25 bits per heavy atom. The predicted molar refractivity (Wildman–Crippen MR) is 94.8 cm³/mol. The first-order chi connectivity index (χ1) is 11.5. The van der Waals surface area contributed by atoms with Gasteiger partial charge in [0.2, 0.25) is 11.8 Å². The molecule has 2 fully saturated rings. The zero-order chi connectivity index (χ0) is 17.1. The third-order valence-electron chi connectivity index (χ3n) is 5.12. The fraction of sp³-hybridized carbons (Fsp3) is 0.579. The number of hydrogen-bond donors (Lipinski definition) is 0. The number of piperidine rings is 1. The van der Waals surface area contributed by atoms with Crippen molar-refractivity contribution in [2.24, 2.45) is 11.8 Å². The summed E-state index contributed by atoms with van der Waals surface area (Å²) in [5, 5.41) is 0.720. The maximum Gasteiger partial charge on any atom is 0.228 e. The van der Waals surface area contributed by atoms with Crippen LogP contribution in [0.1, 0.15) is 31.7 Å². The van der Waals surface area contributed by atoms with Gasteiger partial charge in [0.15, 0.2) is 0 Å². The lowest BCUT2D eigenvalue weighted by molar-refractivity contribution is -0.137. The molecule has 2 aliphatic rings. The van der Waals surface area contributed by atoms with Crippen molar-refractivity contribution in [1.82, 2.24) is 9.80 Å². The molecule has 3 rings (SSSR count). The SMILES string of the molecule is CC1CCCN(C(=O)C2CC(=O)N(CCc3ccc(Cl)cc3)C2)C1. The monoisotopic (exact) mass is 348 g/mol. The first kappa shape index (κ1) is 17.3. The van der Waals surface area contributed by atoms with E-state index < -0.39 is 0 Å². The molecular formula is C19H25ClN2O2. The summed E-state index contributed by atoms with van der Waals surface area (Å²) < 4.78 is 0. The van der Waals surface area contributed by atoms with Gasteiger partial charge in [-0.15, -0.1) is 0 Å². The molecule has 2 aliphatic heterocycles. The lowest BCUT2D eigenvalue weighted by atomic mass is 9.98. The average Bonchev–Trinajstić information content (AvgIpc) is 2.94. The van der Waals surface area contributed by atoms with Crippen molar-refractivity contribution in [3.05, 3.63) is 34.9 Å². The predicted octanol–water partition coefficient (Wildman–Crippen LogP) is 2.99. The lowest BCUT2D eigenvalue weighted by Crippen LogP contribution is -2.43. The number of benzene rings is 1. The van der Waals surface area contributed by atoms with Gasteiger partial charge in [-0.2, -0.15) is 0 Å². The third-order valence-corrected chi connectivity index (χ3v) is 5.37. The van der Waals surface area contributed by atoms with E-state index in [0.717, 1.165) is 36.5 Å². The molecule has 0 N–H and O–H groups in total. The Hall–Kier alpha value is -1.55. The molecule has 2 unspecified atom stereocenters. The van der Waals surface area contributed by atoms with Crippen molar-refractivity contribution in [3.8, 4) is 0 Å². The minimum atomic E-state index is -0.159. The Morgan fingerprint density at radius 3 is 2.71 bits per heavy atom. The van der Waals surface area contributed by atoms with Crippen LogP contribution in [0, 0.1) is 11.8 Å². The molecule has 0 spiro atoms. The first-order valence-corrected chi connectivity index (χ1v) is 9.21. The van der Waals surface area contributed by atoms with Gasteiger partial charge in [-0.25, -0.2) is 0 Å². The van der Waals surface area contributed by atoms with Gasteiger partial charge >= 0.3 is 0 Å². The van der Waals surface area contributed by atoms with Gasteiger partial charge in [-0.3, -0.25) is 9.59 Å². The van der Waals surface area contributed by atoms with Crippen molar-refractivity contribution in [3.63, 3.8) is 0 Å². The summed E-state index contributed by atoms with van der Waals surface area (Å²) >= 11 is 5.89. The van der Waals surface area contributed by atoms with Gasteiger partial charge in [0.05, 0.1) is 5.92 Å². The van der Waals surface area contributed by atoms with Crippen LogP contribution in [0.25, 0.3) is 0 Å². The van der Waals surface area contributed by atoms with Crippen LogP contribution >= 0.6 is 11.6 Å². The largest absolute Gasteiger partial charge is 0.342 e. The van der Waals surface area contributed by atoms with E-state index in [1.807, 2.05) is 34.1 Å². The second-order valence-electron chi connectivity index (χ2n) is 7.15. The number of nitrogens with zero attached hydrogens (tertiary/aromatic N) is 2. The van der Waals surface area contributed by atoms with Gasteiger partial charge in [0, 0.05) is 37.6 Å². The van der Waals surface area contributed by atoms with E-state index >= 15 is 0 Å². The number of amides is 2. The van der Waals surface area contributed by atoms with Crippen LogP contribution in [0.3, 0.4) is 0 Å². The summed E-state index contributed by atoms with van der Waals surface area (Å²) in [7, 11) is 0. The summed E-state index contributed by atoms with van der Waals surface area (Å²) in [5.74, 6) is 0.685. The van der Waals surface area contributed by atoms with Crippen LogP contribution in [0.5, 0.6) is 0 Å². The van der Waals surface area contributed by atoms with Crippen molar-refractivity contribution in [1.29, 1.82) is 0 Å². The van der Waals surface area contributed by atoms with Crippen LogP contribution < -0.4 is 0 Å². The topological polar surface area (TPSA) is 40.6 Å². The highest BCUT2D eigenvalue weighted by Gasteiger charge is 2.37. The molecule has 24 heavy (non-hydrogen) atoms. The van der Waals surface area contributed by atoms with E-state index in [1.54, 1.807) is 0 Å². The average molecular weight is 349 g/mol. The molecule has 2 heterocycles. The van der Waals surface area contributed by atoms with Crippen molar-refractivity contribution < 1.29 is 9.59 Å². The van der Waals surface area contributed by atoms with E-state index in [9.17, 15) is 9.59 Å². The van der Waals surface area contributed by atoms with Crippen molar-refractivity contribution >= 4 is 23.4 Å². The number of likely N-dealkylation sites (tertiary alicyclic amines) is 2. The summed E-state index contributed by atoms with van der Waals surface area (Å²) in [6, 6.07) is 7.71. The van der Waals surface area contributed by atoms with Gasteiger partial charge in [0.1, 0.15) is 0 Å². The van der Waals surface area contributed by atoms with Gasteiger partial charge < -0.3 is 9.80 Å². The molecule has 0 saturated carbocycles. The number of rotatable bonds is 4. The molecule has 5 heteroatoms. The Bertz CT molecular complexity index is 602. The standard InChI is InChI=1S/C19H25ClN2O2/c1-14-3-2-9-22(12-14)19(24)16-11-18(23)21(13-16)10-8-15-4-6-17(20)7-5-15/h4-7,14,16H,2-3,8-13H2,1H3. The van der Waals surface area contributed by atoms with Gasteiger partial charge in [0.25, 0.3) is 0 Å². The zero-order valence-electron chi connectivity index (χ0n) is 14.2. The molecule has 0 aliphatic carbocycles. The van der Waals surface area contributed by atoms with E-state index in [4.69, 9.17) is 11.6 Å². The van der Waals surface area contributed by atoms with Crippen molar-refractivity contribution in [2.75, 3.05) is 26.2 Å². The molecule has 0 bridgehead atoms. The van der Waals surface area contributed by atoms with Crippen molar-refractivity contribution in [2.45, 2.75) is 32.6 Å². The minimum Gasteiger partial charge on any atom is -0.342 e. The smallest absolute Gasteiger partial charge is 0.228 e. The highest BCUT2D eigenvalue weighted by molar-refractivity contribution is 6.30. The summed E-state index contributed by atoms with van der Waals surface area (Å²) in [4.78, 5) is 28.7. The summed E-state index contributed by atoms with van der Waals surface area (Å²) in [6.45, 7) is 5.11. The maximum absolute atomic E-state index is 12.7. The Balaban J connectivity index is 1.53. The van der Waals surface area contributed by atoms with E-state index in [1.165, 1.54) is 6.42 Å².